The van der Waals surface area contributed by atoms with Gasteiger partial charge in [0.05, 0.1) is 17.0 Å². The molecule has 0 radical (unpaired) electrons. The Labute approximate surface area is 151 Å². The lowest BCUT2D eigenvalue weighted by Gasteiger charge is -2.10. The lowest BCUT2D eigenvalue weighted by molar-refractivity contribution is 0.252. The van der Waals surface area contributed by atoms with E-state index in [0.717, 1.165) is 11.1 Å². The van der Waals surface area contributed by atoms with Crippen molar-refractivity contribution >= 4 is 32.9 Å². The van der Waals surface area contributed by atoms with Gasteiger partial charge < -0.3 is 10.6 Å². The molecule has 0 saturated heterocycles. The van der Waals surface area contributed by atoms with Gasteiger partial charge in [0.2, 0.25) is 10.0 Å². The van der Waals surface area contributed by atoms with Gasteiger partial charge in [-0.05, 0) is 37.3 Å². The summed E-state index contributed by atoms with van der Waals surface area (Å²) in [7, 11) is -3.58. The molecule has 0 fully saturated rings. The number of hydrogen-bond acceptors (Lipinski definition) is 4. The minimum atomic E-state index is -3.58. The topological polar surface area (TPSA) is 105 Å². The number of aromatic nitrogens is 2. The van der Waals surface area contributed by atoms with E-state index in [0.29, 0.717) is 11.4 Å². The number of carbonyl (C=O) groups is 1. The highest BCUT2D eigenvalue weighted by atomic mass is 32.2. The first-order chi connectivity index (χ1) is 12.4. The van der Waals surface area contributed by atoms with E-state index in [2.05, 4.69) is 20.5 Å². The van der Waals surface area contributed by atoms with Crippen molar-refractivity contribution in [3.05, 3.63) is 60.4 Å². The Morgan fingerprint density at radius 1 is 1.12 bits per heavy atom. The number of urea groups is 1. The van der Waals surface area contributed by atoms with Gasteiger partial charge in [0.25, 0.3) is 0 Å². The molecule has 0 aliphatic rings. The Morgan fingerprint density at radius 3 is 2.65 bits per heavy atom. The van der Waals surface area contributed by atoms with Gasteiger partial charge >= 0.3 is 6.03 Å². The first-order valence-electron chi connectivity index (χ1n) is 7.97. The molecule has 0 atom stereocenters. The maximum atomic E-state index is 12.1. The molecule has 3 rings (SSSR count). The number of rotatable bonds is 6. The van der Waals surface area contributed by atoms with Crippen molar-refractivity contribution < 1.29 is 13.2 Å². The molecule has 8 nitrogen and oxygen atoms in total. The van der Waals surface area contributed by atoms with Gasteiger partial charge in [-0.2, -0.15) is 5.10 Å². The number of fused-ring (bicyclic) bond motifs is 1. The fraction of sp³-hybridized carbons (Fsp3) is 0.176. The van der Waals surface area contributed by atoms with Crippen LogP contribution in [0.1, 0.15) is 5.56 Å². The van der Waals surface area contributed by atoms with E-state index in [4.69, 9.17) is 0 Å². The molecule has 0 unspecified atom stereocenters. The van der Waals surface area contributed by atoms with Crippen molar-refractivity contribution in [1.29, 1.82) is 0 Å². The molecule has 3 aromatic rings. The van der Waals surface area contributed by atoms with Crippen LogP contribution < -0.4 is 15.4 Å². The minimum Gasteiger partial charge on any atom is -0.337 e. The molecule has 2 amide bonds. The highest BCUT2D eigenvalue weighted by molar-refractivity contribution is 7.92. The third-order valence-corrected chi connectivity index (χ3v) is 4.93. The summed E-state index contributed by atoms with van der Waals surface area (Å²) in [6.07, 6.45) is 3.30. The first-order valence-corrected chi connectivity index (χ1v) is 9.62. The van der Waals surface area contributed by atoms with Gasteiger partial charge in [-0.25, -0.2) is 17.7 Å². The highest BCUT2D eigenvalue weighted by Gasteiger charge is 2.12. The average Bonchev–Trinajstić information content (AvgIpc) is 3.04. The Hall–Kier alpha value is -3.07. The van der Waals surface area contributed by atoms with Crippen LogP contribution in [-0.4, -0.2) is 36.4 Å². The van der Waals surface area contributed by atoms with Crippen molar-refractivity contribution in [3.8, 4) is 0 Å². The van der Waals surface area contributed by atoms with Crippen LogP contribution in [0, 0.1) is 6.92 Å². The van der Waals surface area contributed by atoms with Crippen LogP contribution in [0.2, 0.25) is 0 Å². The summed E-state index contributed by atoms with van der Waals surface area (Å²) in [6.45, 7) is 1.94. The number of aryl methyl sites for hydroxylation is 1. The number of anilines is 2. The smallest absolute Gasteiger partial charge is 0.319 e. The van der Waals surface area contributed by atoms with Gasteiger partial charge in [-0.3, -0.25) is 4.72 Å². The van der Waals surface area contributed by atoms with Gasteiger partial charge in [-0.1, -0.05) is 17.7 Å². The number of nitrogens with one attached hydrogen (secondary N) is 3. The summed E-state index contributed by atoms with van der Waals surface area (Å²) in [4.78, 5) is 11.8. The molecule has 9 heteroatoms. The zero-order valence-corrected chi connectivity index (χ0v) is 15.0. The molecule has 0 aliphatic carbocycles. The van der Waals surface area contributed by atoms with E-state index in [1.807, 2.05) is 19.1 Å². The molecule has 0 saturated carbocycles. The zero-order valence-electron chi connectivity index (χ0n) is 14.1. The lowest BCUT2D eigenvalue weighted by atomic mass is 10.2. The second-order valence-corrected chi connectivity index (χ2v) is 7.63. The maximum absolute atomic E-state index is 12.1. The molecule has 0 spiro atoms. The monoisotopic (exact) mass is 373 g/mol. The van der Waals surface area contributed by atoms with Gasteiger partial charge in [0, 0.05) is 24.6 Å². The third-order valence-electron chi connectivity index (χ3n) is 3.64. The van der Waals surface area contributed by atoms with Crippen molar-refractivity contribution in [2.75, 3.05) is 22.3 Å². The zero-order chi connectivity index (χ0) is 18.6. The Balaban J connectivity index is 1.49. The molecule has 2 aromatic heterocycles. The van der Waals surface area contributed by atoms with Gasteiger partial charge in [0.1, 0.15) is 0 Å². The average molecular weight is 373 g/mol. The normalized spacial score (nSPS) is 11.3. The predicted molar refractivity (Wildman–Crippen MR) is 101 cm³/mol. The molecular formula is C17H19N5O3S. The molecule has 136 valence electrons. The summed E-state index contributed by atoms with van der Waals surface area (Å²) in [5.41, 5.74) is 2.95. The van der Waals surface area contributed by atoms with Crippen LogP contribution >= 0.6 is 0 Å². The molecule has 3 N–H and O–H groups in total. The number of carbonyl (C=O) groups excluding carboxylic acids is 1. The summed E-state index contributed by atoms with van der Waals surface area (Å²) < 4.78 is 28.4. The van der Waals surface area contributed by atoms with Crippen molar-refractivity contribution in [3.63, 3.8) is 0 Å². The third kappa shape index (κ3) is 4.73. The standard InChI is InChI=1S/C17H19N5O3S/c1-13-2-4-14(5-3-13)20-17(23)18-9-11-26(24,25)21-15-7-10-22-16(12-15)6-8-19-22/h2-8,10,12,21H,9,11H2,1H3,(H2,18,20,23). The second kappa shape index (κ2) is 7.44. The largest absolute Gasteiger partial charge is 0.337 e. The number of sulfonamides is 1. The van der Waals surface area contributed by atoms with E-state index >= 15 is 0 Å². The number of hydrogen-bond donors (Lipinski definition) is 3. The highest BCUT2D eigenvalue weighted by Crippen LogP contribution is 2.13. The first kappa shape index (κ1) is 17.7. The van der Waals surface area contributed by atoms with Crippen LogP contribution in [-0.2, 0) is 10.0 Å². The Bertz CT molecular complexity index is 1010. The number of amides is 2. The fourth-order valence-corrected chi connectivity index (χ4v) is 3.29. The van der Waals surface area contributed by atoms with E-state index in [9.17, 15) is 13.2 Å². The predicted octanol–water partition coefficient (Wildman–Crippen LogP) is 2.21. The Morgan fingerprint density at radius 2 is 1.88 bits per heavy atom. The van der Waals surface area contributed by atoms with Crippen LogP contribution in [0.25, 0.3) is 5.52 Å². The summed E-state index contributed by atoms with van der Waals surface area (Å²) in [6, 6.07) is 11.9. The van der Waals surface area contributed by atoms with Crippen molar-refractivity contribution in [1.82, 2.24) is 14.9 Å². The van der Waals surface area contributed by atoms with Crippen molar-refractivity contribution in [2.45, 2.75) is 6.92 Å². The number of nitrogens with zero attached hydrogens (tertiary/aromatic N) is 2. The van der Waals surface area contributed by atoms with Crippen LogP contribution in [0.3, 0.4) is 0 Å². The molecule has 1 aromatic carbocycles. The van der Waals surface area contributed by atoms with Crippen LogP contribution in [0.15, 0.2) is 54.9 Å². The van der Waals surface area contributed by atoms with E-state index in [1.54, 1.807) is 47.2 Å². The molecule has 2 heterocycles. The summed E-state index contributed by atoms with van der Waals surface area (Å²) in [5, 5.41) is 9.23. The molecule has 26 heavy (non-hydrogen) atoms. The van der Waals surface area contributed by atoms with Gasteiger partial charge in [-0.15, -0.1) is 0 Å². The molecule has 0 bridgehead atoms. The van der Waals surface area contributed by atoms with Crippen LogP contribution in [0.5, 0.6) is 0 Å². The summed E-state index contributed by atoms with van der Waals surface area (Å²) >= 11 is 0. The lowest BCUT2D eigenvalue weighted by Crippen LogP contribution is -2.34. The second-order valence-electron chi connectivity index (χ2n) is 5.78. The molecule has 0 aliphatic heterocycles. The fourth-order valence-electron chi connectivity index (χ4n) is 2.33. The number of benzene rings is 1. The Kier molecular flexibility index (Phi) is 5.08. The minimum absolute atomic E-state index is 0.0119. The maximum Gasteiger partial charge on any atom is 0.319 e. The number of pyridine rings is 1. The van der Waals surface area contributed by atoms with Crippen molar-refractivity contribution in [2.24, 2.45) is 0 Å². The van der Waals surface area contributed by atoms with E-state index < -0.39 is 16.1 Å². The van der Waals surface area contributed by atoms with Crippen LogP contribution in [0.4, 0.5) is 16.2 Å². The molecular weight excluding hydrogens is 354 g/mol. The quantitative estimate of drug-likeness (QED) is 0.616. The van der Waals surface area contributed by atoms with E-state index in [1.165, 1.54) is 0 Å². The van der Waals surface area contributed by atoms with Gasteiger partial charge in [0.15, 0.2) is 0 Å². The van der Waals surface area contributed by atoms with E-state index in [-0.39, 0.29) is 12.3 Å². The summed E-state index contributed by atoms with van der Waals surface area (Å²) in [5.74, 6) is -0.237. The SMILES string of the molecule is Cc1ccc(NC(=O)NCCS(=O)(=O)Nc2ccn3nccc3c2)cc1.